The average molecular weight is 156 g/mol. The van der Waals surface area contributed by atoms with Gasteiger partial charge in [0.1, 0.15) is 11.8 Å². The van der Waals surface area contributed by atoms with Crippen molar-refractivity contribution >= 4 is 5.97 Å². The van der Waals surface area contributed by atoms with Crippen LogP contribution in [0.25, 0.3) is 0 Å². The topological polar surface area (TPSA) is 89.4 Å². The minimum atomic E-state index is -1.04. The third-order valence-electron chi connectivity index (χ3n) is 1.23. The fourth-order valence-corrected chi connectivity index (χ4v) is 0.651. The molecular weight excluding hydrogens is 148 g/mol. The second kappa shape index (κ2) is 3.16. The summed E-state index contributed by atoms with van der Waals surface area (Å²) in [4.78, 5) is 10.2. The van der Waals surface area contributed by atoms with Crippen LogP contribution in [0, 0.1) is 0 Å². The van der Waals surface area contributed by atoms with E-state index < -0.39 is 12.0 Å². The molecule has 0 fully saturated rings. The van der Waals surface area contributed by atoms with Crippen molar-refractivity contribution in [2.24, 2.45) is 5.73 Å². The number of carboxylic acids is 1. The predicted molar refractivity (Wildman–Crippen MR) is 35.8 cm³/mol. The molecule has 0 amide bonds. The van der Waals surface area contributed by atoms with E-state index in [1.54, 1.807) is 6.07 Å². The normalized spacial score (nSPS) is 12.8. The van der Waals surface area contributed by atoms with Crippen LogP contribution in [-0.2, 0) is 11.2 Å². The summed E-state index contributed by atoms with van der Waals surface area (Å²) in [7, 11) is 0. The Morgan fingerprint density at radius 1 is 1.91 bits per heavy atom. The van der Waals surface area contributed by atoms with E-state index in [0.29, 0.717) is 5.76 Å². The maximum Gasteiger partial charge on any atom is 0.320 e. The summed E-state index contributed by atoms with van der Waals surface area (Å²) in [5.41, 5.74) is 5.22. The highest BCUT2D eigenvalue weighted by atomic mass is 16.5. The van der Waals surface area contributed by atoms with Crippen molar-refractivity contribution in [3.8, 4) is 0 Å². The molecule has 0 saturated heterocycles. The van der Waals surface area contributed by atoms with Crippen molar-refractivity contribution < 1.29 is 14.4 Å². The zero-order chi connectivity index (χ0) is 8.27. The fourth-order valence-electron chi connectivity index (χ4n) is 0.651. The van der Waals surface area contributed by atoms with Crippen LogP contribution >= 0.6 is 0 Å². The molecule has 5 nitrogen and oxygen atoms in total. The van der Waals surface area contributed by atoms with Crippen LogP contribution in [-0.4, -0.2) is 22.3 Å². The van der Waals surface area contributed by atoms with Gasteiger partial charge >= 0.3 is 5.97 Å². The first-order valence-corrected chi connectivity index (χ1v) is 3.08. The average Bonchev–Trinajstić information content (AvgIpc) is 2.39. The van der Waals surface area contributed by atoms with Gasteiger partial charge in [-0.3, -0.25) is 4.79 Å². The summed E-state index contributed by atoms with van der Waals surface area (Å²) in [6.07, 6.45) is 1.62. The first kappa shape index (κ1) is 7.74. The number of aromatic nitrogens is 1. The number of rotatable bonds is 3. The van der Waals surface area contributed by atoms with Gasteiger partial charge in [0.25, 0.3) is 0 Å². The van der Waals surface area contributed by atoms with Gasteiger partial charge in [-0.15, -0.1) is 0 Å². The molecule has 1 unspecified atom stereocenters. The van der Waals surface area contributed by atoms with Crippen LogP contribution in [0.3, 0.4) is 0 Å². The Morgan fingerprint density at radius 3 is 3.09 bits per heavy atom. The maximum atomic E-state index is 10.2. The van der Waals surface area contributed by atoms with Gasteiger partial charge in [-0.25, -0.2) is 0 Å². The zero-order valence-electron chi connectivity index (χ0n) is 5.73. The maximum absolute atomic E-state index is 10.2. The summed E-state index contributed by atoms with van der Waals surface area (Å²) in [5, 5.41) is 11.8. The van der Waals surface area contributed by atoms with Gasteiger partial charge in [0.05, 0.1) is 6.20 Å². The SMILES string of the molecule is NC(Cc1ccno1)C(=O)O. The molecule has 0 bridgehead atoms. The zero-order valence-corrected chi connectivity index (χ0v) is 5.73. The van der Waals surface area contributed by atoms with Crippen LogP contribution < -0.4 is 5.73 Å². The lowest BCUT2D eigenvalue weighted by Gasteiger charge is -2.00. The first-order valence-electron chi connectivity index (χ1n) is 3.08. The molecule has 0 aromatic carbocycles. The summed E-state index contributed by atoms with van der Waals surface area (Å²) in [5.74, 6) is -0.554. The highest BCUT2D eigenvalue weighted by molar-refractivity contribution is 5.73. The van der Waals surface area contributed by atoms with E-state index in [0.717, 1.165) is 0 Å². The number of carboxylic acid groups (broad SMARTS) is 1. The third-order valence-corrected chi connectivity index (χ3v) is 1.23. The highest BCUT2D eigenvalue weighted by Crippen LogP contribution is 1.99. The number of hydrogen-bond donors (Lipinski definition) is 2. The Hall–Kier alpha value is -1.36. The van der Waals surface area contributed by atoms with Gasteiger partial charge in [-0.2, -0.15) is 0 Å². The van der Waals surface area contributed by atoms with Gasteiger partial charge in [0.15, 0.2) is 0 Å². The Kier molecular flexibility index (Phi) is 2.22. The van der Waals surface area contributed by atoms with E-state index in [1.165, 1.54) is 6.20 Å². The van der Waals surface area contributed by atoms with Gasteiger partial charge in [-0.05, 0) is 0 Å². The molecule has 5 heteroatoms. The van der Waals surface area contributed by atoms with Crippen molar-refractivity contribution in [2.45, 2.75) is 12.5 Å². The monoisotopic (exact) mass is 156 g/mol. The lowest BCUT2D eigenvalue weighted by atomic mass is 10.2. The van der Waals surface area contributed by atoms with Crippen molar-refractivity contribution in [1.29, 1.82) is 0 Å². The molecule has 0 radical (unpaired) electrons. The van der Waals surface area contributed by atoms with E-state index in [1.807, 2.05) is 0 Å². The molecule has 1 aromatic rings. The molecule has 60 valence electrons. The first-order chi connectivity index (χ1) is 5.20. The number of hydrogen-bond acceptors (Lipinski definition) is 4. The highest BCUT2D eigenvalue weighted by Gasteiger charge is 2.13. The Morgan fingerprint density at radius 2 is 2.64 bits per heavy atom. The Labute approximate surface area is 62.8 Å². The van der Waals surface area contributed by atoms with E-state index in [-0.39, 0.29) is 6.42 Å². The minimum absolute atomic E-state index is 0.176. The molecule has 1 aromatic heterocycles. The van der Waals surface area contributed by atoms with Crippen LogP contribution in [0.2, 0.25) is 0 Å². The Balaban J connectivity index is 2.50. The van der Waals surface area contributed by atoms with Crippen LogP contribution in [0.5, 0.6) is 0 Å². The molecule has 3 N–H and O–H groups in total. The van der Waals surface area contributed by atoms with E-state index in [9.17, 15) is 4.79 Å². The summed E-state index contributed by atoms with van der Waals surface area (Å²) < 4.78 is 4.66. The molecule has 0 aliphatic carbocycles. The van der Waals surface area contributed by atoms with Crippen LogP contribution in [0.15, 0.2) is 16.8 Å². The molecular formula is C6H8N2O3. The molecule has 1 heterocycles. The lowest BCUT2D eigenvalue weighted by molar-refractivity contribution is -0.138. The van der Waals surface area contributed by atoms with Crippen molar-refractivity contribution in [3.63, 3.8) is 0 Å². The largest absolute Gasteiger partial charge is 0.480 e. The standard InChI is InChI=1S/C6H8N2O3/c7-5(6(9)10)3-4-1-2-8-11-4/h1-2,5H,3,7H2,(H,9,10). The number of nitrogens with zero attached hydrogens (tertiary/aromatic N) is 1. The smallest absolute Gasteiger partial charge is 0.320 e. The molecule has 1 rings (SSSR count). The van der Waals surface area contributed by atoms with Gasteiger partial charge in [-0.1, -0.05) is 5.16 Å². The van der Waals surface area contributed by atoms with Crippen LogP contribution in [0.4, 0.5) is 0 Å². The third kappa shape index (κ3) is 2.05. The minimum Gasteiger partial charge on any atom is -0.480 e. The summed E-state index contributed by atoms with van der Waals surface area (Å²) in [6, 6.07) is 0.672. The second-order valence-electron chi connectivity index (χ2n) is 2.13. The predicted octanol–water partition coefficient (Wildman–Crippen LogP) is -0.371. The summed E-state index contributed by atoms with van der Waals surface area (Å²) in [6.45, 7) is 0. The molecule has 1 atom stereocenters. The van der Waals surface area contributed by atoms with Crippen molar-refractivity contribution in [3.05, 3.63) is 18.0 Å². The Bertz CT molecular complexity index is 232. The number of nitrogens with two attached hydrogens (primary N) is 1. The van der Waals surface area contributed by atoms with Gasteiger partial charge in [0.2, 0.25) is 0 Å². The van der Waals surface area contributed by atoms with Gasteiger partial charge in [0, 0.05) is 12.5 Å². The van der Waals surface area contributed by atoms with E-state index in [2.05, 4.69) is 9.68 Å². The van der Waals surface area contributed by atoms with E-state index >= 15 is 0 Å². The van der Waals surface area contributed by atoms with Crippen molar-refractivity contribution in [2.75, 3.05) is 0 Å². The molecule has 0 saturated carbocycles. The van der Waals surface area contributed by atoms with E-state index in [4.69, 9.17) is 10.8 Å². The quantitative estimate of drug-likeness (QED) is 0.623. The van der Waals surface area contributed by atoms with Crippen LogP contribution in [0.1, 0.15) is 5.76 Å². The lowest BCUT2D eigenvalue weighted by Crippen LogP contribution is -2.32. The summed E-state index contributed by atoms with van der Waals surface area (Å²) >= 11 is 0. The molecule has 11 heavy (non-hydrogen) atoms. The molecule has 0 aliphatic heterocycles. The number of aliphatic carboxylic acids is 1. The molecule has 0 spiro atoms. The fraction of sp³-hybridized carbons (Fsp3) is 0.333. The number of carbonyl (C=O) groups is 1. The molecule has 0 aliphatic rings. The van der Waals surface area contributed by atoms with Gasteiger partial charge < -0.3 is 15.4 Å². The second-order valence-corrected chi connectivity index (χ2v) is 2.13. The van der Waals surface area contributed by atoms with Crippen molar-refractivity contribution in [1.82, 2.24) is 5.16 Å².